The van der Waals surface area contributed by atoms with Crippen molar-refractivity contribution in [3.8, 4) is 5.75 Å². The van der Waals surface area contributed by atoms with Gasteiger partial charge in [-0.15, -0.1) is 0 Å². The first-order chi connectivity index (χ1) is 13.7. The molecule has 2 aromatic carbocycles. The van der Waals surface area contributed by atoms with E-state index in [0.717, 1.165) is 42.0 Å². The lowest BCUT2D eigenvalue weighted by molar-refractivity contribution is -0.124. The number of methoxy groups -OCH3 is 1. The molecule has 6 heteroatoms. The van der Waals surface area contributed by atoms with Crippen molar-refractivity contribution in [3.05, 3.63) is 65.2 Å². The van der Waals surface area contributed by atoms with Gasteiger partial charge in [0.1, 0.15) is 11.9 Å². The van der Waals surface area contributed by atoms with Gasteiger partial charge < -0.3 is 15.0 Å². The summed E-state index contributed by atoms with van der Waals surface area (Å²) < 4.78 is 5.36. The van der Waals surface area contributed by atoms with E-state index in [0.29, 0.717) is 13.0 Å². The number of nitrogens with zero attached hydrogens (tertiary/aromatic N) is 2. The van der Waals surface area contributed by atoms with Crippen LogP contribution >= 0.6 is 0 Å². The Labute approximate surface area is 165 Å². The van der Waals surface area contributed by atoms with Gasteiger partial charge in [-0.3, -0.25) is 14.5 Å². The number of carbonyl (C=O) groups excluding carboxylic acids is 2. The molecule has 1 fully saturated rings. The number of rotatable bonds is 6. The fourth-order valence-electron chi connectivity index (χ4n) is 4.19. The van der Waals surface area contributed by atoms with Crippen molar-refractivity contribution in [2.45, 2.75) is 19.0 Å². The van der Waals surface area contributed by atoms with Crippen LogP contribution in [0.3, 0.4) is 0 Å². The van der Waals surface area contributed by atoms with Gasteiger partial charge in [0.25, 0.3) is 5.91 Å². The first-order valence-corrected chi connectivity index (χ1v) is 9.71. The smallest absolute Gasteiger partial charge is 0.255 e. The van der Waals surface area contributed by atoms with Gasteiger partial charge in [-0.2, -0.15) is 0 Å². The fourth-order valence-corrected chi connectivity index (χ4v) is 4.19. The molecule has 2 heterocycles. The highest BCUT2D eigenvalue weighted by atomic mass is 16.5. The van der Waals surface area contributed by atoms with Gasteiger partial charge in [0.05, 0.1) is 13.7 Å². The molecule has 0 bridgehead atoms. The summed E-state index contributed by atoms with van der Waals surface area (Å²) in [6.45, 7) is 2.39. The minimum atomic E-state index is -0.127. The maximum atomic E-state index is 12.6. The van der Waals surface area contributed by atoms with E-state index < -0.39 is 0 Å². The van der Waals surface area contributed by atoms with Crippen molar-refractivity contribution in [2.75, 3.05) is 33.3 Å². The highest BCUT2D eigenvalue weighted by Gasteiger charge is 2.42. The molecule has 146 valence electrons. The summed E-state index contributed by atoms with van der Waals surface area (Å²) in [5.74, 6) is 0.889. The Morgan fingerprint density at radius 3 is 2.79 bits per heavy atom. The van der Waals surface area contributed by atoms with Crippen LogP contribution in [0.1, 0.15) is 34.1 Å². The van der Waals surface area contributed by atoms with Crippen LogP contribution in [0.5, 0.6) is 5.75 Å². The van der Waals surface area contributed by atoms with Gasteiger partial charge in [0.15, 0.2) is 0 Å². The molecule has 4 rings (SSSR count). The Morgan fingerprint density at radius 2 is 1.93 bits per heavy atom. The van der Waals surface area contributed by atoms with Gasteiger partial charge in [-0.25, -0.2) is 0 Å². The minimum Gasteiger partial charge on any atom is -0.496 e. The number of carbonyl (C=O) groups is 2. The third-order valence-corrected chi connectivity index (χ3v) is 5.47. The molecule has 0 radical (unpaired) electrons. The van der Waals surface area contributed by atoms with Crippen LogP contribution in [0.15, 0.2) is 48.5 Å². The van der Waals surface area contributed by atoms with E-state index in [2.05, 4.69) is 10.2 Å². The van der Waals surface area contributed by atoms with Crippen molar-refractivity contribution >= 4 is 11.8 Å². The summed E-state index contributed by atoms with van der Waals surface area (Å²) in [4.78, 5) is 29.2. The third-order valence-electron chi connectivity index (χ3n) is 5.47. The van der Waals surface area contributed by atoms with Crippen LogP contribution in [0.2, 0.25) is 0 Å². The molecule has 1 N–H and O–H groups in total. The molecule has 28 heavy (non-hydrogen) atoms. The first-order valence-electron chi connectivity index (χ1n) is 9.71. The zero-order valence-electron chi connectivity index (χ0n) is 16.1. The van der Waals surface area contributed by atoms with E-state index in [1.807, 2.05) is 53.4 Å². The highest BCUT2D eigenvalue weighted by Crippen LogP contribution is 2.38. The second kappa shape index (κ2) is 8.02. The molecule has 1 atom stereocenters. The molecular formula is C22H25N3O3. The Hall–Kier alpha value is -2.86. The van der Waals surface area contributed by atoms with Gasteiger partial charge in [0, 0.05) is 30.8 Å². The van der Waals surface area contributed by atoms with E-state index in [1.165, 1.54) is 0 Å². The Kier molecular flexibility index (Phi) is 5.30. The van der Waals surface area contributed by atoms with Gasteiger partial charge in [0.2, 0.25) is 5.91 Å². The average Bonchev–Trinajstić information content (AvgIpc) is 3.02. The van der Waals surface area contributed by atoms with Crippen molar-refractivity contribution in [1.82, 2.24) is 15.1 Å². The SMILES string of the molecule is COc1ccccc1CCNC(=O)CN1CCCN2C(=O)c3ccccc3C12. The number of benzene rings is 2. The standard InChI is InChI=1S/C22H25N3O3/c1-28-19-10-5-2-7-16(19)11-12-23-20(26)15-24-13-6-14-25-21(24)17-8-3-4-9-18(17)22(25)27/h2-5,7-10,21H,6,11-15H2,1H3,(H,23,26). The molecule has 0 spiro atoms. The summed E-state index contributed by atoms with van der Waals surface area (Å²) >= 11 is 0. The zero-order valence-corrected chi connectivity index (χ0v) is 16.1. The van der Waals surface area contributed by atoms with Gasteiger partial charge in [-0.05, 0) is 30.5 Å². The van der Waals surface area contributed by atoms with Gasteiger partial charge in [-0.1, -0.05) is 36.4 Å². The maximum Gasteiger partial charge on any atom is 0.255 e. The summed E-state index contributed by atoms with van der Waals surface area (Å²) in [6.07, 6.45) is 1.47. The summed E-state index contributed by atoms with van der Waals surface area (Å²) in [5.41, 5.74) is 2.84. The van der Waals surface area contributed by atoms with E-state index in [1.54, 1.807) is 7.11 Å². The van der Waals surface area contributed by atoms with Crippen LogP contribution in [-0.2, 0) is 11.2 Å². The van der Waals surface area contributed by atoms with Crippen molar-refractivity contribution < 1.29 is 14.3 Å². The molecule has 2 aliphatic rings. The lowest BCUT2D eigenvalue weighted by atomic mass is 10.1. The molecule has 0 aliphatic carbocycles. The summed E-state index contributed by atoms with van der Waals surface area (Å²) in [7, 11) is 1.65. The number of para-hydroxylation sites is 1. The summed E-state index contributed by atoms with van der Waals surface area (Å²) in [5, 5.41) is 3.01. The number of hydrogen-bond donors (Lipinski definition) is 1. The molecule has 2 amide bonds. The molecule has 0 saturated carbocycles. The molecule has 0 aromatic heterocycles. The lowest BCUT2D eigenvalue weighted by Gasteiger charge is -2.39. The van der Waals surface area contributed by atoms with E-state index >= 15 is 0 Å². The number of nitrogens with one attached hydrogen (secondary N) is 1. The van der Waals surface area contributed by atoms with E-state index in [4.69, 9.17) is 4.74 Å². The number of amides is 2. The van der Waals surface area contributed by atoms with Crippen LogP contribution in [0.25, 0.3) is 0 Å². The second-order valence-corrected chi connectivity index (χ2v) is 7.20. The number of ether oxygens (including phenoxy) is 1. The van der Waals surface area contributed by atoms with Crippen molar-refractivity contribution in [2.24, 2.45) is 0 Å². The van der Waals surface area contributed by atoms with Gasteiger partial charge >= 0.3 is 0 Å². The largest absolute Gasteiger partial charge is 0.496 e. The number of hydrogen-bond acceptors (Lipinski definition) is 4. The maximum absolute atomic E-state index is 12.6. The van der Waals surface area contributed by atoms with Crippen LogP contribution in [0.4, 0.5) is 0 Å². The molecular weight excluding hydrogens is 354 g/mol. The lowest BCUT2D eigenvalue weighted by Crippen LogP contribution is -2.49. The monoisotopic (exact) mass is 379 g/mol. The van der Waals surface area contributed by atoms with E-state index in [9.17, 15) is 9.59 Å². The van der Waals surface area contributed by atoms with Crippen LogP contribution in [0, 0.1) is 0 Å². The summed E-state index contributed by atoms with van der Waals surface area (Å²) in [6, 6.07) is 15.6. The molecule has 1 saturated heterocycles. The van der Waals surface area contributed by atoms with Crippen molar-refractivity contribution in [3.63, 3.8) is 0 Å². The third kappa shape index (κ3) is 3.47. The minimum absolute atomic E-state index is 0.0198. The topological polar surface area (TPSA) is 61.9 Å². The quantitative estimate of drug-likeness (QED) is 0.836. The zero-order chi connectivity index (χ0) is 19.5. The predicted octanol–water partition coefficient (Wildman–Crippen LogP) is 2.21. The van der Waals surface area contributed by atoms with Crippen LogP contribution in [-0.4, -0.2) is 54.9 Å². The van der Waals surface area contributed by atoms with E-state index in [-0.39, 0.29) is 24.5 Å². The molecule has 2 aromatic rings. The second-order valence-electron chi connectivity index (χ2n) is 7.20. The Bertz CT molecular complexity index is 883. The first kappa shape index (κ1) is 18.5. The predicted molar refractivity (Wildman–Crippen MR) is 106 cm³/mol. The highest BCUT2D eigenvalue weighted by molar-refractivity contribution is 5.99. The Morgan fingerprint density at radius 1 is 1.14 bits per heavy atom. The molecule has 1 unspecified atom stereocenters. The number of fused-ring (bicyclic) bond motifs is 3. The fraction of sp³-hybridized carbons (Fsp3) is 0.364. The molecule has 6 nitrogen and oxygen atoms in total. The average molecular weight is 379 g/mol. The van der Waals surface area contributed by atoms with Crippen LogP contribution < -0.4 is 10.1 Å². The molecule has 2 aliphatic heterocycles. The normalized spacial score (nSPS) is 18.5. The Balaban J connectivity index is 1.37. The van der Waals surface area contributed by atoms with Crippen molar-refractivity contribution in [1.29, 1.82) is 0 Å².